The van der Waals surface area contributed by atoms with Crippen LogP contribution in [0, 0.1) is 19.7 Å². The van der Waals surface area contributed by atoms with Crippen molar-refractivity contribution in [3.8, 4) is 11.3 Å². The number of hydrogen-bond donors (Lipinski definition) is 3. The number of aromatic amines is 1. The fourth-order valence-electron chi connectivity index (χ4n) is 3.35. The number of nitrogens with zero attached hydrogens (tertiary/aromatic N) is 2. The Morgan fingerprint density at radius 2 is 1.79 bits per heavy atom. The SMILES string of the molecule is CNc1cc(C)nc(NCc2ccc3[nH]c(-c4ccc(F)cc4)c(C)c3c2)n1. The van der Waals surface area contributed by atoms with Crippen LogP contribution in [0.2, 0.25) is 0 Å². The smallest absolute Gasteiger partial charge is 0.225 e. The lowest BCUT2D eigenvalue weighted by molar-refractivity contribution is 0.628. The van der Waals surface area contributed by atoms with Crippen LogP contribution < -0.4 is 10.6 Å². The highest BCUT2D eigenvalue weighted by Gasteiger charge is 2.10. The maximum absolute atomic E-state index is 13.2. The zero-order valence-electron chi connectivity index (χ0n) is 16.1. The molecule has 0 saturated carbocycles. The lowest BCUT2D eigenvalue weighted by Crippen LogP contribution is -2.06. The molecule has 0 aliphatic rings. The second kappa shape index (κ2) is 7.31. The Morgan fingerprint density at radius 3 is 2.54 bits per heavy atom. The summed E-state index contributed by atoms with van der Waals surface area (Å²) in [4.78, 5) is 12.3. The molecule has 0 saturated heterocycles. The van der Waals surface area contributed by atoms with E-state index in [9.17, 15) is 4.39 Å². The van der Waals surface area contributed by atoms with E-state index >= 15 is 0 Å². The third-order valence-electron chi connectivity index (χ3n) is 4.82. The van der Waals surface area contributed by atoms with Crippen molar-refractivity contribution in [2.24, 2.45) is 0 Å². The molecule has 0 radical (unpaired) electrons. The third-order valence-corrected chi connectivity index (χ3v) is 4.82. The minimum Gasteiger partial charge on any atom is -0.373 e. The van der Waals surface area contributed by atoms with E-state index in [0.29, 0.717) is 12.5 Å². The predicted octanol–water partition coefficient (Wildman–Crippen LogP) is 5.03. The largest absolute Gasteiger partial charge is 0.373 e. The fourth-order valence-corrected chi connectivity index (χ4v) is 3.35. The molecule has 0 amide bonds. The van der Waals surface area contributed by atoms with E-state index in [1.165, 1.54) is 12.1 Å². The molecule has 0 aliphatic heterocycles. The molecular weight excluding hydrogens is 353 g/mol. The highest BCUT2D eigenvalue weighted by atomic mass is 19.1. The number of benzene rings is 2. The molecule has 2 aromatic heterocycles. The van der Waals surface area contributed by atoms with Crippen LogP contribution in [0.5, 0.6) is 0 Å². The standard InChI is InChI=1S/C22H22FN5/c1-13-10-20(24-3)28-22(26-13)25-12-15-4-9-19-18(11-15)14(2)21(27-19)16-5-7-17(23)8-6-16/h4-11,27H,12H2,1-3H3,(H2,24,25,26,28). The summed E-state index contributed by atoms with van der Waals surface area (Å²) in [5.41, 5.74) is 6.24. The van der Waals surface area contributed by atoms with E-state index in [2.05, 4.69) is 50.7 Å². The number of aromatic nitrogens is 3. The Labute approximate surface area is 163 Å². The Balaban J connectivity index is 1.60. The number of anilines is 2. The Hall–Kier alpha value is -3.41. The number of fused-ring (bicyclic) bond motifs is 1. The molecule has 6 heteroatoms. The zero-order chi connectivity index (χ0) is 19.7. The summed E-state index contributed by atoms with van der Waals surface area (Å²) >= 11 is 0. The molecule has 0 spiro atoms. The van der Waals surface area contributed by atoms with Crippen molar-refractivity contribution in [1.82, 2.24) is 15.0 Å². The minimum absolute atomic E-state index is 0.231. The van der Waals surface area contributed by atoms with Gasteiger partial charge in [-0.05, 0) is 66.9 Å². The van der Waals surface area contributed by atoms with Crippen molar-refractivity contribution in [2.45, 2.75) is 20.4 Å². The topological polar surface area (TPSA) is 65.6 Å². The van der Waals surface area contributed by atoms with Gasteiger partial charge in [-0.3, -0.25) is 0 Å². The van der Waals surface area contributed by atoms with E-state index < -0.39 is 0 Å². The van der Waals surface area contributed by atoms with Crippen molar-refractivity contribution in [2.75, 3.05) is 17.7 Å². The Bertz CT molecular complexity index is 1130. The minimum atomic E-state index is -0.231. The molecular formula is C22H22FN5. The molecule has 28 heavy (non-hydrogen) atoms. The summed E-state index contributed by atoms with van der Waals surface area (Å²) in [7, 11) is 1.84. The number of aryl methyl sites for hydroxylation is 2. The van der Waals surface area contributed by atoms with Crippen LogP contribution in [-0.4, -0.2) is 22.0 Å². The Kier molecular flexibility index (Phi) is 4.69. The number of H-pyrrole nitrogens is 1. The number of rotatable bonds is 5. The van der Waals surface area contributed by atoms with Gasteiger partial charge < -0.3 is 15.6 Å². The maximum Gasteiger partial charge on any atom is 0.225 e. The average molecular weight is 375 g/mol. The van der Waals surface area contributed by atoms with E-state index in [0.717, 1.165) is 44.8 Å². The highest BCUT2D eigenvalue weighted by Crippen LogP contribution is 2.30. The van der Waals surface area contributed by atoms with Gasteiger partial charge in [0.25, 0.3) is 0 Å². The first-order chi connectivity index (χ1) is 13.5. The highest BCUT2D eigenvalue weighted by molar-refractivity contribution is 5.91. The normalized spacial score (nSPS) is 11.0. The van der Waals surface area contributed by atoms with Crippen LogP contribution in [0.1, 0.15) is 16.8 Å². The molecule has 2 heterocycles. The summed E-state index contributed by atoms with van der Waals surface area (Å²) in [5, 5.41) is 7.48. The van der Waals surface area contributed by atoms with E-state index in [4.69, 9.17) is 0 Å². The van der Waals surface area contributed by atoms with E-state index in [1.54, 1.807) is 12.1 Å². The lowest BCUT2D eigenvalue weighted by atomic mass is 10.1. The van der Waals surface area contributed by atoms with Crippen LogP contribution >= 0.6 is 0 Å². The van der Waals surface area contributed by atoms with Crippen LogP contribution in [0.3, 0.4) is 0 Å². The van der Waals surface area contributed by atoms with Gasteiger partial charge in [-0.25, -0.2) is 9.37 Å². The van der Waals surface area contributed by atoms with Gasteiger partial charge in [0.05, 0.1) is 0 Å². The summed E-state index contributed by atoms with van der Waals surface area (Å²) in [6.45, 7) is 4.65. The van der Waals surface area contributed by atoms with Gasteiger partial charge in [-0.2, -0.15) is 4.98 Å². The van der Waals surface area contributed by atoms with Gasteiger partial charge in [-0.15, -0.1) is 0 Å². The van der Waals surface area contributed by atoms with Gasteiger partial charge in [-0.1, -0.05) is 6.07 Å². The van der Waals surface area contributed by atoms with Crippen LogP contribution in [0.15, 0.2) is 48.5 Å². The lowest BCUT2D eigenvalue weighted by Gasteiger charge is -2.08. The molecule has 3 N–H and O–H groups in total. The Morgan fingerprint density at radius 1 is 1.00 bits per heavy atom. The molecule has 142 valence electrons. The van der Waals surface area contributed by atoms with Crippen molar-refractivity contribution >= 4 is 22.7 Å². The van der Waals surface area contributed by atoms with Crippen molar-refractivity contribution in [1.29, 1.82) is 0 Å². The monoisotopic (exact) mass is 375 g/mol. The molecule has 0 aliphatic carbocycles. The number of nitrogens with one attached hydrogen (secondary N) is 3. The molecule has 0 bridgehead atoms. The molecule has 2 aromatic carbocycles. The molecule has 5 nitrogen and oxygen atoms in total. The summed E-state index contributed by atoms with van der Waals surface area (Å²) in [6, 6.07) is 14.8. The van der Waals surface area contributed by atoms with Gasteiger partial charge >= 0.3 is 0 Å². The predicted molar refractivity (Wildman–Crippen MR) is 112 cm³/mol. The first-order valence-corrected chi connectivity index (χ1v) is 9.18. The third kappa shape index (κ3) is 3.53. The maximum atomic E-state index is 13.2. The molecule has 0 atom stereocenters. The van der Waals surface area contributed by atoms with Crippen LogP contribution in [0.25, 0.3) is 22.2 Å². The molecule has 0 fully saturated rings. The van der Waals surface area contributed by atoms with Gasteiger partial charge in [0.1, 0.15) is 11.6 Å². The number of halogens is 1. The zero-order valence-corrected chi connectivity index (χ0v) is 16.1. The summed E-state index contributed by atoms with van der Waals surface area (Å²) in [6.07, 6.45) is 0. The fraction of sp³-hybridized carbons (Fsp3) is 0.182. The molecule has 4 rings (SSSR count). The summed E-state index contributed by atoms with van der Waals surface area (Å²) < 4.78 is 13.2. The van der Waals surface area contributed by atoms with Crippen molar-refractivity contribution in [3.63, 3.8) is 0 Å². The second-order valence-electron chi connectivity index (χ2n) is 6.83. The first-order valence-electron chi connectivity index (χ1n) is 9.18. The quantitative estimate of drug-likeness (QED) is 0.457. The van der Waals surface area contributed by atoms with Gasteiger partial charge in [0.2, 0.25) is 5.95 Å². The summed E-state index contributed by atoms with van der Waals surface area (Å²) in [5.74, 6) is 1.16. The van der Waals surface area contributed by atoms with Gasteiger partial charge in [0, 0.05) is 41.9 Å². The van der Waals surface area contributed by atoms with Crippen molar-refractivity contribution in [3.05, 3.63) is 71.2 Å². The van der Waals surface area contributed by atoms with E-state index in [1.807, 2.05) is 20.0 Å². The molecule has 0 unspecified atom stereocenters. The van der Waals surface area contributed by atoms with Crippen LogP contribution in [-0.2, 0) is 6.54 Å². The molecule has 4 aromatic rings. The van der Waals surface area contributed by atoms with Gasteiger partial charge in [0.15, 0.2) is 0 Å². The van der Waals surface area contributed by atoms with Crippen LogP contribution in [0.4, 0.5) is 16.2 Å². The second-order valence-corrected chi connectivity index (χ2v) is 6.83. The first kappa shape index (κ1) is 18.0. The van der Waals surface area contributed by atoms with E-state index in [-0.39, 0.29) is 5.82 Å². The average Bonchev–Trinajstić information content (AvgIpc) is 3.03. The van der Waals surface area contributed by atoms with Crippen molar-refractivity contribution < 1.29 is 4.39 Å². The number of hydrogen-bond acceptors (Lipinski definition) is 4.